The number of benzene rings is 1. The lowest BCUT2D eigenvalue weighted by Crippen LogP contribution is -2.27. The van der Waals surface area contributed by atoms with Crippen LogP contribution in [0.5, 0.6) is 0 Å². The van der Waals surface area contributed by atoms with Crippen LogP contribution in [0, 0.1) is 0 Å². The van der Waals surface area contributed by atoms with Crippen molar-refractivity contribution in [1.82, 2.24) is 5.32 Å². The van der Waals surface area contributed by atoms with Gasteiger partial charge in [-0.2, -0.15) is 0 Å². The molecule has 0 radical (unpaired) electrons. The lowest BCUT2D eigenvalue weighted by Gasteiger charge is -2.15. The van der Waals surface area contributed by atoms with Gasteiger partial charge >= 0.3 is 0 Å². The number of nitrogens with one attached hydrogen (secondary N) is 1. The van der Waals surface area contributed by atoms with Crippen LogP contribution >= 0.6 is 15.9 Å². The largest absolute Gasteiger partial charge is 0.317 e. The average Bonchev–Trinajstić information content (AvgIpc) is 2.27. The highest BCUT2D eigenvalue weighted by molar-refractivity contribution is 9.10. The Hall–Kier alpha value is -0.340. The first-order valence-electron chi connectivity index (χ1n) is 5.68. The molecule has 0 saturated heterocycles. The summed E-state index contributed by atoms with van der Waals surface area (Å²) in [5, 5.41) is 3.39. The van der Waals surface area contributed by atoms with Crippen molar-refractivity contribution >= 4 is 15.9 Å². The van der Waals surface area contributed by atoms with E-state index in [2.05, 4.69) is 59.5 Å². The molecule has 1 aromatic rings. The average molecular weight is 270 g/mol. The summed E-state index contributed by atoms with van der Waals surface area (Å²) in [5.74, 6) is 0. The Balaban J connectivity index is 2.47. The standard InChI is InChI=1S/C13H20BrN/c1-3-4-5-13(15-2)10-11-6-8-12(14)9-7-11/h6-9,13,15H,3-5,10H2,1-2H3. The molecule has 0 amide bonds. The van der Waals surface area contributed by atoms with E-state index in [1.807, 2.05) is 0 Å². The number of likely N-dealkylation sites (N-methyl/N-ethyl adjacent to an activating group) is 1. The Bertz CT molecular complexity index is 268. The predicted molar refractivity (Wildman–Crippen MR) is 70.2 cm³/mol. The smallest absolute Gasteiger partial charge is 0.0175 e. The minimum atomic E-state index is 0.617. The quantitative estimate of drug-likeness (QED) is 0.829. The van der Waals surface area contributed by atoms with Gasteiger partial charge in [-0.05, 0) is 37.6 Å². The van der Waals surface area contributed by atoms with E-state index in [0.717, 1.165) is 10.9 Å². The first-order chi connectivity index (χ1) is 7.26. The number of rotatable bonds is 6. The number of hydrogen-bond acceptors (Lipinski definition) is 1. The predicted octanol–water partition coefficient (Wildman–Crippen LogP) is 3.77. The number of hydrogen-bond donors (Lipinski definition) is 1. The van der Waals surface area contributed by atoms with Crippen molar-refractivity contribution in [2.24, 2.45) is 0 Å². The van der Waals surface area contributed by atoms with Gasteiger partial charge in [-0.3, -0.25) is 0 Å². The molecule has 0 fully saturated rings. The highest BCUT2D eigenvalue weighted by atomic mass is 79.9. The van der Waals surface area contributed by atoms with Gasteiger partial charge in [-0.25, -0.2) is 0 Å². The third-order valence-corrected chi connectivity index (χ3v) is 3.24. The van der Waals surface area contributed by atoms with Crippen LogP contribution in [0.1, 0.15) is 31.7 Å². The third-order valence-electron chi connectivity index (χ3n) is 2.71. The Morgan fingerprint density at radius 3 is 2.47 bits per heavy atom. The van der Waals surface area contributed by atoms with Crippen molar-refractivity contribution in [2.45, 2.75) is 38.6 Å². The minimum absolute atomic E-state index is 0.617. The Kier molecular flexibility index (Phi) is 5.96. The summed E-state index contributed by atoms with van der Waals surface area (Å²) < 4.78 is 1.15. The van der Waals surface area contributed by atoms with Gasteiger partial charge in [0, 0.05) is 10.5 Å². The topological polar surface area (TPSA) is 12.0 Å². The molecule has 0 aromatic heterocycles. The van der Waals surface area contributed by atoms with Crippen LogP contribution in [-0.2, 0) is 6.42 Å². The fourth-order valence-corrected chi connectivity index (χ4v) is 1.97. The van der Waals surface area contributed by atoms with Crippen molar-refractivity contribution in [1.29, 1.82) is 0 Å². The van der Waals surface area contributed by atoms with E-state index in [1.54, 1.807) is 0 Å². The molecular formula is C13H20BrN. The molecule has 1 rings (SSSR count). The molecular weight excluding hydrogens is 250 g/mol. The van der Waals surface area contributed by atoms with Gasteiger partial charge in [0.15, 0.2) is 0 Å². The maximum atomic E-state index is 3.46. The van der Waals surface area contributed by atoms with Crippen LogP contribution in [0.2, 0.25) is 0 Å². The van der Waals surface area contributed by atoms with Gasteiger partial charge in [0.1, 0.15) is 0 Å². The summed E-state index contributed by atoms with van der Waals surface area (Å²) in [6.07, 6.45) is 4.98. The molecule has 1 nitrogen and oxygen atoms in total. The summed E-state index contributed by atoms with van der Waals surface area (Å²) in [5.41, 5.74) is 1.41. The van der Waals surface area contributed by atoms with Gasteiger partial charge in [-0.15, -0.1) is 0 Å². The zero-order valence-electron chi connectivity index (χ0n) is 9.59. The molecule has 15 heavy (non-hydrogen) atoms. The molecule has 1 aromatic carbocycles. The SMILES string of the molecule is CCCCC(Cc1ccc(Br)cc1)NC. The second-order valence-corrected chi connectivity index (χ2v) is 4.87. The lowest BCUT2D eigenvalue weighted by molar-refractivity contribution is 0.498. The monoisotopic (exact) mass is 269 g/mol. The van der Waals surface area contributed by atoms with E-state index in [4.69, 9.17) is 0 Å². The summed E-state index contributed by atoms with van der Waals surface area (Å²) >= 11 is 3.46. The first-order valence-corrected chi connectivity index (χ1v) is 6.47. The van der Waals surface area contributed by atoms with Gasteiger partial charge in [-0.1, -0.05) is 47.8 Å². The van der Waals surface area contributed by atoms with Crippen molar-refractivity contribution in [3.8, 4) is 0 Å². The first kappa shape index (κ1) is 12.7. The lowest BCUT2D eigenvalue weighted by atomic mass is 10.0. The highest BCUT2D eigenvalue weighted by Gasteiger charge is 2.06. The number of halogens is 1. The van der Waals surface area contributed by atoms with E-state index >= 15 is 0 Å². The van der Waals surface area contributed by atoms with Crippen LogP contribution in [0.15, 0.2) is 28.7 Å². The highest BCUT2D eigenvalue weighted by Crippen LogP contribution is 2.13. The van der Waals surface area contributed by atoms with E-state index in [0.29, 0.717) is 6.04 Å². The fraction of sp³-hybridized carbons (Fsp3) is 0.538. The summed E-state index contributed by atoms with van der Waals surface area (Å²) in [6.45, 7) is 2.24. The van der Waals surface area contributed by atoms with E-state index < -0.39 is 0 Å². The van der Waals surface area contributed by atoms with Crippen LogP contribution in [-0.4, -0.2) is 13.1 Å². The Labute approximate surface area is 101 Å². The van der Waals surface area contributed by atoms with Crippen molar-refractivity contribution in [3.63, 3.8) is 0 Å². The molecule has 1 N–H and O–H groups in total. The summed E-state index contributed by atoms with van der Waals surface area (Å²) in [4.78, 5) is 0. The Morgan fingerprint density at radius 1 is 1.27 bits per heavy atom. The van der Waals surface area contributed by atoms with Crippen molar-refractivity contribution < 1.29 is 0 Å². The van der Waals surface area contributed by atoms with Gasteiger partial charge in [0.2, 0.25) is 0 Å². The van der Waals surface area contributed by atoms with Gasteiger partial charge in [0.25, 0.3) is 0 Å². The van der Waals surface area contributed by atoms with E-state index in [-0.39, 0.29) is 0 Å². The van der Waals surface area contributed by atoms with Crippen LogP contribution in [0.4, 0.5) is 0 Å². The van der Waals surface area contributed by atoms with Gasteiger partial charge in [0.05, 0.1) is 0 Å². The second-order valence-electron chi connectivity index (χ2n) is 3.96. The normalized spacial score (nSPS) is 12.7. The Morgan fingerprint density at radius 2 is 1.93 bits per heavy atom. The third kappa shape index (κ3) is 4.80. The van der Waals surface area contributed by atoms with Crippen LogP contribution in [0.25, 0.3) is 0 Å². The molecule has 0 aliphatic rings. The fourth-order valence-electron chi connectivity index (χ4n) is 1.70. The molecule has 0 saturated carbocycles. The van der Waals surface area contributed by atoms with E-state index in [1.165, 1.54) is 24.8 Å². The zero-order chi connectivity index (χ0) is 11.1. The van der Waals surface area contributed by atoms with Gasteiger partial charge < -0.3 is 5.32 Å². The maximum Gasteiger partial charge on any atom is 0.0175 e. The zero-order valence-corrected chi connectivity index (χ0v) is 11.2. The van der Waals surface area contributed by atoms with Crippen molar-refractivity contribution in [3.05, 3.63) is 34.3 Å². The molecule has 0 spiro atoms. The van der Waals surface area contributed by atoms with Crippen molar-refractivity contribution in [2.75, 3.05) is 7.05 Å². The number of unbranched alkanes of at least 4 members (excludes halogenated alkanes) is 1. The second kappa shape index (κ2) is 7.02. The molecule has 0 bridgehead atoms. The molecule has 1 unspecified atom stereocenters. The molecule has 2 heteroatoms. The van der Waals surface area contributed by atoms with Crippen LogP contribution in [0.3, 0.4) is 0 Å². The minimum Gasteiger partial charge on any atom is -0.317 e. The van der Waals surface area contributed by atoms with E-state index in [9.17, 15) is 0 Å². The van der Waals surface area contributed by atoms with Crippen LogP contribution < -0.4 is 5.32 Å². The molecule has 0 heterocycles. The summed E-state index contributed by atoms with van der Waals surface area (Å²) in [7, 11) is 2.05. The maximum absolute atomic E-state index is 3.46. The summed E-state index contributed by atoms with van der Waals surface area (Å²) in [6, 6.07) is 9.23. The molecule has 0 aliphatic heterocycles. The molecule has 0 aliphatic carbocycles. The molecule has 1 atom stereocenters. The molecule has 84 valence electrons.